The summed E-state index contributed by atoms with van der Waals surface area (Å²) in [5.74, 6) is 0. The largest absolute Gasteiger partial charge is 0.271 e. The number of nitro benzene ring substituents is 1. The molecule has 0 bridgehead atoms. The minimum Gasteiger partial charge on any atom is -0.258 e. The summed E-state index contributed by atoms with van der Waals surface area (Å²) < 4.78 is 0. The van der Waals surface area contributed by atoms with Crippen molar-refractivity contribution in [3.8, 4) is 0 Å². The van der Waals surface area contributed by atoms with E-state index in [1.54, 1.807) is 6.92 Å². The Morgan fingerprint density at radius 3 is 2.40 bits per heavy atom. The van der Waals surface area contributed by atoms with Crippen molar-refractivity contribution in [2.75, 3.05) is 0 Å². The van der Waals surface area contributed by atoms with Gasteiger partial charge in [-0.1, -0.05) is 31.8 Å². The minimum absolute atomic E-state index is 0.0175. The topological polar surface area (TPSA) is 43.1 Å². The van der Waals surface area contributed by atoms with Gasteiger partial charge in [0.1, 0.15) is 0 Å². The van der Waals surface area contributed by atoms with Crippen LogP contribution < -0.4 is 0 Å². The van der Waals surface area contributed by atoms with Crippen LogP contribution >= 0.6 is 11.6 Å². The number of nitro groups is 1. The molecule has 1 rings (SSSR count). The van der Waals surface area contributed by atoms with Crippen molar-refractivity contribution in [2.24, 2.45) is 0 Å². The molecular formula is C10H13BClNO2. The van der Waals surface area contributed by atoms with Crippen molar-refractivity contribution in [3.63, 3.8) is 0 Å². The molecule has 0 spiro atoms. The van der Waals surface area contributed by atoms with Crippen LogP contribution in [0.25, 0.3) is 0 Å². The number of nitrogens with zero attached hydrogens (tertiary/aromatic N) is 1. The molecule has 0 unspecified atom stereocenters. The van der Waals surface area contributed by atoms with Crippen LogP contribution in [0, 0.1) is 17.0 Å². The van der Waals surface area contributed by atoms with Gasteiger partial charge in [-0.25, -0.2) is 0 Å². The summed E-state index contributed by atoms with van der Waals surface area (Å²) in [6.07, 6.45) is 0.257. The smallest absolute Gasteiger partial charge is 0.258 e. The molecule has 15 heavy (non-hydrogen) atoms. The molecule has 0 saturated carbocycles. The third kappa shape index (κ3) is 3.55. The van der Waals surface area contributed by atoms with E-state index in [1.807, 2.05) is 13.8 Å². The van der Waals surface area contributed by atoms with Gasteiger partial charge in [0.25, 0.3) is 5.69 Å². The van der Waals surface area contributed by atoms with E-state index in [4.69, 9.17) is 19.4 Å². The Balaban J connectivity index is 0.000000921. The van der Waals surface area contributed by atoms with Crippen LogP contribution in [0.1, 0.15) is 25.0 Å². The van der Waals surface area contributed by atoms with E-state index >= 15 is 0 Å². The van der Waals surface area contributed by atoms with Crippen molar-refractivity contribution in [3.05, 3.63) is 38.4 Å². The molecule has 1 aromatic carbocycles. The number of benzene rings is 1. The van der Waals surface area contributed by atoms with Crippen LogP contribution in [0.2, 0.25) is 5.02 Å². The van der Waals surface area contributed by atoms with E-state index < -0.39 is 4.92 Å². The van der Waals surface area contributed by atoms with Crippen LogP contribution in [-0.2, 0) is 6.32 Å². The van der Waals surface area contributed by atoms with Crippen molar-refractivity contribution in [1.82, 2.24) is 0 Å². The quantitative estimate of drug-likeness (QED) is 0.440. The van der Waals surface area contributed by atoms with E-state index in [9.17, 15) is 10.1 Å². The van der Waals surface area contributed by atoms with Crippen LogP contribution in [0.4, 0.5) is 5.69 Å². The molecule has 1 aromatic rings. The van der Waals surface area contributed by atoms with Gasteiger partial charge >= 0.3 is 0 Å². The molecule has 0 fully saturated rings. The number of hydrogen-bond donors (Lipinski definition) is 0. The Morgan fingerprint density at radius 1 is 1.47 bits per heavy atom. The number of hydrogen-bond acceptors (Lipinski definition) is 2. The lowest BCUT2D eigenvalue weighted by Gasteiger charge is -2.04. The van der Waals surface area contributed by atoms with Gasteiger partial charge in [-0.3, -0.25) is 10.1 Å². The summed E-state index contributed by atoms with van der Waals surface area (Å²) in [5.41, 5.74) is 1.49. The Bertz CT molecular complexity index is 356. The van der Waals surface area contributed by atoms with Crippen molar-refractivity contribution in [2.45, 2.75) is 27.1 Å². The lowest BCUT2D eigenvalue weighted by atomic mass is 9.93. The van der Waals surface area contributed by atoms with E-state index in [0.717, 1.165) is 5.56 Å². The van der Waals surface area contributed by atoms with Gasteiger partial charge in [0, 0.05) is 12.1 Å². The normalized spacial score (nSPS) is 9.07. The summed E-state index contributed by atoms with van der Waals surface area (Å²) in [4.78, 5) is 9.96. The SMILES string of the molecule is CC.[B]Cc1cc([N+](=O)[O-])cc(Cl)c1C. The highest BCUT2D eigenvalue weighted by molar-refractivity contribution is 6.31. The fraction of sp³-hybridized carbons (Fsp3) is 0.400. The maximum absolute atomic E-state index is 10.4. The first-order valence-electron chi connectivity index (χ1n) is 4.69. The van der Waals surface area contributed by atoms with Crippen molar-refractivity contribution < 1.29 is 4.92 Å². The Morgan fingerprint density at radius 2 is 2.00 bits per heavy atom. The molecule has 0 heterocycles. The van der Waals surface area contributed by atoms with Gasteiger partial charge in [-0.05, 0) is 18.1 Å². The molecule has 0 aliphatic heterocycles. The average molecular weight is 225 g/mol. The number of non-ortho nitro benzene ring substituents is 1. The molecule has 0 amide bonds. The van der Waals surface area contributed by atoms with Gasteiger partial charge < -0.3 is 0 Å². The Labute approximate surface area is 96.0 Å². The molecule has 80 valence electrons. The van der Waals surface area contributed by atoms with Crippen molar-refractivity contribution in [1.29, 1.82) is 0 Å². The monoisotopic (exact) mass is 225 g/mol. The molecule has 2 radical (unpaired) electrons. The fourth-order valence-corrected chi connectivity index (χ4v) is 1.27. The minimum atomic E-state index is -0.482. The van der Waals surface area contributed by atoms with E-state index in [1.165, 1.54) is 12.1 Å². The Kier molecular flexibility index (Phi) is 6.02. The zero-order chi connectivity index (χ0) is 12.0. The van der Waals surface area contributed by atoms with Crippen LogP contribution in [0.5, 0.6) is 0 Å². The first-order chi connectivity index (χ1) is 7.06. The highest BCUT2D eigenvalue weighted by Gasteiger charge is 2.11. The maximum Gasteiger partial charge on any atom is 0.271 e. The first kappa shape index (κ1) is 14.0. The second-order valence-electron chi connectivity index (χ2n) is 2.67. The molecule has 3 nitrogen and oxygen atoms in total. The van der Waals surface area contributed by atoms with E-state index in [2.05, 4.69) is 0 Å². The molecule has 0 saturated heterocycles. The Hall–Kier alpha value is -1.03. The highest BCUT2D eigenvalue weighted by atomic mass is 35.5. The third-order valence-corrected chi connectivity index (χ3v) is 2.26. The van der Waals surface area contributed by atoms with Crippen molar-refractivity contribution >= 4 is 25.1 Å². The summed E-state index contributed by atoms with van der Waals surface area (Å²) >= 11 is 5.78. The molecule has 5 heteroatoms. The maximum atomic E-state index is 10.4. The first-order valence-corrected chi connectivity index (χ1v) is 5.07. The standard InChI is InChI=1S/C8H7BClNO2.C2H6/c1-5-6(4-9)2-7(11(12)13)3-8(5)10;1-2/h2-3H,4H2,1H3;1-2H3. The zero-order valence-corrected chi connectivity index (χ0v) is 9.84. The summed E-state index contributed by atoms with van der Waals surface area (Å²) in [7, 11) is 5.41. The van der Waals surface area contributed by atoms with Gasteiger partial charge in [0.15, 0.2) is 0 Å². The summed E-state index contributed by atoms with van der Waals surface area (Å²) in [5, 5.41) is 10.8. The molecule has 0 N–H and O–H groups in total. The number of rotatable bonds is 2. The lowest BCUT2D eigenvalue weighted by molar-refractivity contribution is -0.384. The zero-order valence-electron chi connectivity index (χ0n) is 9.08. The second-order valence-corrected chi connectivity index (χ2v) is 3.08. The van der Waals surface area contributed by atoms with Crippen LogP contribution in [-0.4, -0.2) is 12.8 Å². The van der Waals surface area contributed by atoms with Gasteiger partial charge in [-0.2, -0.15) is 0 Å². The second kappa shape index (κ2) is 6.46. The van der Waals surface area contributed by atoms with Gasteiger partial charge in [0.2, 0.25) is 0 Å². The van der Waals surface area contributed by atoms with E-state index in [-0.39, 0.29) is 12.0 Å². The average Bonchev–Trinajstić information content (AvgIpc) is 2.24. The molecule has 0 atom stereocenters. The molecule has 0 aliphatic carbocycles. The third-order valence-electron chi connectivity index (χ3n) is 1.87. The lowest BCUT2D eigenvalue weighted by Crippen LogP contribution is -1.94. The summed E-state index contributed by atoms with van der Waals surface area (Å²) in [6.45, 7) is 5.79. The van der Waals surface area contributed by atoms with Crippen LogP contribution in [0.3, 0.4) is 0 Å². The molecule has 0 aromatic heterocycles. The predicted octanol–water partition coefficient (Wildman–Crippen LogP) is 3.25. The fourth-order valence-electron chi connectivity index (χ4n) is 1.04. The highest BCUT2D eigenvalue weighted by Crippen LogP contribution is 2.25. The number of halogens is 1. The van der Waals surface area contributed by atoms with Gasteiger partial charge in [-0.15, -0.1) is 0 Å². The molecule has 0 aliphatic rings. The van der Waals surface area contributed by atoms with Crippen LogP contribution in [0.15, 0.2) is 12.1 Å². The van der Waals surface area contributed by atoms with E-state index in [0.29, 0.717) is 10.6 Å². The summed E-state index contributed by atoms with van der Waals surface area (Å²) in [6, 6.07) is 2.78. The predicted molar refractivity (Wildman–Crippen MR) is 63.6 cm³/mol. The molecular weight excluding hydrogens is 212 g/mol. The van der Waals surface area contributed by atoms with Gasteiger partial charge in [0.05, 0.1) is 17.8 Å².